The first-order valence-electron chi connectivity index (χ1n) is 5.54. The zero-order valence-electron chi connectivity index (χ0n) is 10.3. The molecule has 1 heterocycles. The maximum absolute atomic E-state index is 11.9. The molecule has 1 aromatic carbocycles. The molecule has 0 fully saturated rings. The molecule has 0 saturated heterocycles. The Morgan fingerprint density at radius 3 is 2.72 bits per heavy atom. The molecule has 94 valence electrons. The van der Waals surface area contributed by atoms with Crippen molar-refractivity contribution < 1.29 is 4.79 Å². The van der Waals surface area contributed by atoms with E-state index in [0.29, 0.717) is 6.42 Å². The standard InChI is InChI=1S/C13H14N2OS2/c1-9-11(18-13(14-9)17-2)8-12(16)15-10-6-4-3-5-7-10/h3-7H,8H2,1-2H3,(H,15,16). The molecule has 0 bridgehead atoms. The largest absolute Gasteiger partial charge is 0.326 e. The van der Waals surface area contributed by atoms with Crippen molar-refractivity contribution in [2.75, 3.05) is 11.6 Å². The number of thiazole rings is 1. The van der Waals surface area contributed by atoms with E-state index < -0.39 is 0 Å². The molecule has 0 unspecified atom stereocenters. The number of thioether (sulfide) groups is 1. The molecule has 1 amide bonds. The van der Waals surface area contributed by atoms with Gasteiger partial charge in [-0.25, -0.2) is 4.98 Å². The highest BCUT2D eigenvalue weighted by atomic mass is 32.2. The highest BCUT2D eigenvalue weighted by molar-refractivity contribution is 8.00. The summed E-state index contributed by atoms with van der Waals surface area (Å²) in [5.41, 5.74) is 1.78. The van der Waals surface area contributed by atoms with E-state index in [1.165, 1.54) is 0 Å². The summed E-state index contributed by atoms with van der Waals surface area (Å²) in [6, 6.07) is 9.49. The van der Waals surface area contributed by atoms with E-state index >= 15 is 0 Å². The van der Waals surface area contributed by atoms with E-state index in [2.05, 4.69) is 10.3 Å². The van der Waals surface area contributed by atoms with Gasteiger partial charge in [0.1, 0.15) is 4.34 Å². The van der Waals surface area contributed by atoms with E-state index in [9.17, 15) is 4.79 Å². The highest BCUT2D eigenvalue weighted by Crippen LogP contribution is 2.25. The lowest BCUT2D eigenvalue weighted by molar-refractivity contribution is -0.115. The summed E-state index contributed by atoms with van der Waals surface area (Å²) >= 11 is 3.20. The summed E-state index contributed by atoms with van der Waals surface area (Å²) in [4.78, 5) is 17.3. The van der Waals surface area contributed by atoms with Gasteiger partial charge in [0, 0.05) is 10.6 Å². The number of hydrogen-bond donors (Lipinski definition) is 1. The quantitative estimate of drug-likeness (QED) is 0.872. The van der Waals surface area contributed by atoms with Crippen LogP contribution in [0.2, 0.25) is 0 Å². The van der Waals surface area contributed by atoms with Crippen LogP contribution in [0.15, 0.2) is 34.7 Å². The second-order valence-corrected chi connectivity index (χ2v) is 5.92. The van der Waals surface area contributed by atoms with Crippen molar-refractivity contribution in [1.82, 2.24) is 4.98 Å². The first-order valence-corrected chi connectivity index (χ1v) is 7.58. The van der Waals surface area contributed by atoms with Crippen molar-refractivity contribution in [3.63, 3.8) is 0 Å². The third kappa shape index (κ3) is 3.34. The van der Waals surface area contributed by atoms with Gasteiger partial charge in [-0.3, -0.25) is 4.79 Å². The van der Waals surface area contributed by atoms with Gasteiger partial charge in [-0.2, -0.15) is 0 Å². The average molecular weight is 278 g/mol. The number of carbonyl (C=O) groups is 1. The van der Waals surface area contributed by atoms with Crippen LogP contribution in [-0.2, 0) is 11.2 Å². The van der Waals surface area contributed by atoms with E-state index in [1.807, 2.05) is 43.5 Å². The minimum Gasteiger partial charge on any atom is -0.326 e. The molecule has 0 aliphatic heterocycles. The summed E-state index contributed by atoms with van der Waals surface area (Å²) in [5, 5.41) is 2.88. The Kier molecular flexibility index (Phi) is 4.38. The number of nitrogens with zero attached hydrogens (tertiary/aromatic N) is 1. The summed E-state index contributed by atoms with van der Waals surface area (Å²) < 4.78 is 1.01. The number of anilines is 1. The van der Waals surface area contributed by atoms with Gasteiger partial charge in [0.2, 0.25) is 5.91 Å². The molecule has 0 atom stereocenters. The Morgan fingerprint density at radius 2 is 2.11 bits per heavy atom. The summed E-state index contributed by atoms with van der Waals surface area (Å²) in [7, 11) is 0. The molecule has 18 heavy (non-hydrogen) atoms. The molecule has 5 heteroatoms. The molecule has 0 saturated carbocycles. The normalized spacial score (nSPS) is 10.3. The fourth-order valence-electron chi connectivity index (χ4n) is 1.53. The van der Waals surface area contributed by atoms with Gasteiger partial charge in [0.05, 0.1) is 12.1 Å². The van der Waals surface area contributed by atoms with Crippen LogP contribution < -0.4 is 5.32 Å². The number of aromatic nitrogens is 1. The molecule has 0 aliphatic rings. The molecule has 0 radical (unpaired) electrons. The van der Waals surface area contributed by atoms with Crippen LogP contribution in [0.4, 0.5) is 5.69 Å². The fourth-order valence-corrected chi connectivity index (χ4v) is 3.18. The molecule has 1 aromatic heterocycles. The van der Waals surface area contributed by atoms with Crippen LogP contribution in [0.25, 0.3) is 0 Å². The van der Waals surface area contributed by atoms with Crippen molar-refractivity contribution in [1.29, 1.82) is 0 Å². The predicted molar refractivity (Wildman–Crippen MR) is 77.4 cm³/mol. The van der Waals surface area contributed by atoms with E-state index in [0.717, 1.165) is 20.6 Å². The third-order valence-electron chi connectivity index (χ3n) is 2.43. The van der Waals surface area contributed by atoms with E-state index in [-0.39, 0.29) is 5.91 Å². The van der Waals surface area contributed by atoms with Crippen LogP contribution >= 0.6 is 23.1 Å². The number of amides is 1. The van der Waals surface area contributed by atoms with Crippen LogP contribution in [0.1, 0.15) is 10.6 Å². The predicted octanol–water partition coefficient (Wildman–Crippen LogP) is 3.35. The van der Waals surface area contributed by atoms with Crippen molar-refractivity contribution in [3.8, 4) is 0 Å². The van der Waals surface area contributed by atoms with Gasteiger partial charge in [-0.05, 0) is 25.3 Å². The van der Waals surface area contributed by atoms with E-state index in [1.54, 1.807) is 23.1 Å². The van der Waals surface area contributed by atoms with Gasteiger partial charge in [-0.15, -0.1) is 11.3 Å². The van der Waals surface area contributed by atoms with Crippen LogP contribution in [0, 0.1) is 6.92 Å². The summed E-state index contributed by atoms with van der Waals surface area (Å²) in [6.07, 6.45) is 2.38. The molecule has 3 nitrogen and oxygen atoms in total. The van der Waals surface area contributed by atoms with Gasteiger partial charge in [0.15, 0.2) is 0 Å². The van der Waals surface area contributed by atoms with Gasteiger partial charge in [-0.1, -0.05) is 30.0 Å². The average Bonchev–Trinajstić information content (AvgIpc) is 2.71. The Labute approximate surface area is 115 Å². The maximum atomic E-state index is 11.9. The summed E-state index contributed by atoms with van der Waals surface area (Å²) in [6.45, 7) is 1.95. The number of rotatable bonds is 4. The van der Waals surface area contributed by atoms with Gasteiger partial charge in [0.25, 0.3) is 0 Å². The number of aryl methyl sites for hydroxylation is 1. The number of carbonyl (C=O) groups excluding carboxylic acids is 1. The van der Waals surface area contributed by atoms with Gasteiger partial charge >= 0.3 is 0 Å². The smallest absolute Gasteiger partial charge is 0.229 e. The van der Waals surface area contributed by atoms with Crippen LogP contribution in [-0.4, -0.2) is 17.1 Å². The minimum absolute atomic E-state index is 0.000558. The SMILES string of the molecule is CSc1nc(C)c(CC(=O)Nc2ccccc2)s1. The van der Waals surface area contributed by atoms with Gasteiger partial charge < -0.3 is 5.32 Å². The molecule has 0 aliphatic carbocycles. The number of benzene rings is 1. The first-order chi connectivity index (χ1) is 8.69. The van der Waals surface area contributed by atoms with Crippen LogP contribution in [0.5, 0.6) is 0 Å². The third-order valence-corrected chi connectivity index (χ3v) is 4.57. The zero-order valence-corrected chi connectivity index (χ0v) is 11.9. The molecule has 2 aromatic rings. The Morgan fingerprint density at radius 1 is 1.39 bits per heavy atom. The van der Waals surface area contributed by atoms with E-state index in [4.69, 9.17) is 0 Å². The maximum Gasteiger partial charge on any atom is 0.229 e. The number of hydrogen-bond acceptors (Lipinski definition) is 4. The molecule has 1 N–H and O–H groups in total. The molecular formula is C13H14N2OS2. The number of para-hydroxylation sites is 1. The second-order valence-electron chi connectivity index (χ2n) is 3.78. The summed E-state index contributed by atoms with van der Waals surface area (Å²) in [5.74, 6) is 0.000558. The first kappa shape index (κ1) is 13.1. The molecule has 2 rings (SSSR count). The lowest BCUT2D eigenvalue weighted by Gasteiger charge is -2.03. The van der Waals surface area contributed by atoms with Crippen molar-refractivity contribution >= 4 is 34.7 Å². The van der Waals surface area contributed by atoms with Crippen molar-refractivity contribution in [2.45, 2.75) is 17.7 Å². The molecule has 0 spiro atoms. The Hall–Kier alpha value is -1.33. The van der Waals surface area contributed by atoms with Crippen LogP contribution in [0.3, 0.4) is 0 Å². The Bertz CT molecular complexity index is 537. The zero-order chi connectivity index (χ0) is 13.0. The highest BCUT2D eigenvalue weighted by Gasteiger charge is 2.11. The second kappa shape index (κ2) is 6.02. The Balaban J connectivity index is 2.01. The fraction of sp³-hybridized carbons (Fsp3) is 0.231. The number of nitrogens with one attached hydrogen (secondary N) is 1. The lowest BCUT2D eigenvalue weighted by Crippen LogP contribution is -2.14. The lowest BCUT2D eigenvalue weighted by atomic mass is 10.2. The van der Waals surface area contributed by atoms with Crippen molar-refractivity contribution in [2.24, 2.45) is 0 Å². The monoisotopic (exact) mass is 278 g/mol. The topological polar surface area (TPSA) is 42.0 Å². The minimum atomic E-state index is 0.000558. The van der Waals surface area contributed by atoms with Crippen molar-refractivity contribution in [3.05, 3.63) is 40.9 Å². The molecular weight excluding hydrogens is 264 g/mol.